The lowest BCUT2D eigenvalue weighted by Gasteiger charge is -2.29. The molecule has 1 aromatic heterocycles. The minimum absolute atomic E-state index is 0.333. The fourth-order valence-corrected chi connectivity index (χ4v) is 3.21. The number of nitrogens with zero attached hydrogens (tertiary/aromatic N) is 1. The van der Waals surface area contributed by atoms with Crippen LogP contribution in [0.3, 0.4) is 0 Å². The summed E-state index contributed by atoms with van der Waals surface area (Å²) in [5.41, 5.74) is 5.85. The van der Waals surface area contributed by atoms with Crippen molar-refractivity contribution in [3.63, 3.8) is 0 Å². The highest BCUT2D eigenvalue weighted by atomic mass is 79.9. The standard InChI is InChI=1S/C11H19BrN2S/c1-7(2)14(4)10(6-13)11-5-9(12)8(3)15-11/h5,7,10H,6,13H2,1-4H3. The molecule has 0 amide bonds. The molecule has 0 saturated carbocycles. The number of hydrogen-bond acceptors (Lipinski definition) is 3. The van der Waals surface area contributed by atoms with Crippen molar-refractivity contribution in [1.29, 1.82) is 0 Å². The average molecular weight is 291 g/mol. The van der Waals surface area contributed by atoms with Gasteiger partial charge in [0.1, 0.15) is 0 Å². The Bertz CT molecular complexity index is 303. The summed E-state index contributed by atoms with van der Waals surface area (Å²) in [6, 6.07) is 3.04. The Morgan fingerprint density at radius 1 is 1.53 bits per heavy atom. The van der Waals surface area contributed by atoms with Gasteiger partial charge in [-0.25, -0.2) is 0 Å². The lowest BCUT2D eigenvalue weighted by atomic mass is 10.2. The molecule has 0 aliphatic heterocycles. The zero-order chi connectivity index (χ0) is 11.6. The molecule has 1 rings (SSSR count). The number of likely N-dealkylation sites (N-methyl/N-ethyl adjacent to an activating group) is 1. The highest BCUT2D eigenvalue weighted by Gasteiger charge is 2.20. The highest BCUT2D eigenvalue weighted by Crippen LogP contribution is 2.33. The van der Waals surface area contributed by atoms with E-state index in [0.717, 1.165) is 0 Å². The van der Waals surface area contributed by atoms with Crippen molar-refractivity contribution >= 4 is 27.3 Å². The third-order valence-electron chi connectivity index (χ3n) is 2.73. The largest absolute Gasteiger partial charge is 0.329 e. The third kappa shape index (κ3) is 3.03. The number of nitrogens with two attached hydrogens (primary N) is 1. The predicted octanol–water partition coefficient (Wildman–Crippen LogP) is 3.16. The van der Waals surface area contributed by atoms with E-state index in [1.807, 2.05) is 11.3 Å². The van der Waals surface area contributed by atoms with E-state index in [-0.39, 0.29) is 0 Å². The first kappa shape index (κ1) is 13.2. The van der Waals surface area contributed by atoms with E-state index in [0.29, 0.717) is 18.6 Å². The van der Waals surface area contributed by atoms with Crippen molar-refractivity contribution in [2.75, 3.05) is 13.6 Å². The summed E-state index contributed by atoms with van der Waals surface area (Å²) in [5.74, 6) is 0. The molecule has 0 aliphatic rings. The molecule has 1 unspecified atom stereocenters. The molecule has 2 nitrogen and oxygen atoms in total. The first-order valence-corrected chi connectivity index (χ1v) is 6.76. The van der Waals surface area contributed by atoms with Gasteiger partial charge < -0.3 is 5.73 Å². The van der Waals surface area contributed by atoms with Gasteiger partial charge in [-0.05, 0) is 49.8 Å². The van der Waals surface area contributed by atoms with E-state index >= 15 is 0 Å². The summed E-state index contributed by atoms with van der Waals surface area (Å²) in [6.45, 7) is 7.18. The zero-order valence-electron chi connectivity index (χ0n) is 9.75. The second-order valence-electron chi connectivity index (χ2n) is 4.06. The van der Waals surface area contributed by atoms with Crippen molar-refractivity contribution in [2.24, 2.45) is 5.73 Å². The average Bonchev–Trinajstić information content (AvgIpc) is 2.47. The van der Waals surface area contributed by atoms with Crippen LogP contribution in [-0.4, -0.2) is 24.5 Å². The molecule has 0 saturated heterocycles. The number of aryl methyl sites for hydroxylation is 1. The van der Waals surface area contributed by atoms with E-state index in [1.54, 1.807) is 0 Å². The molecule has 4 heteroatoms. The molecule has 0 radical (unpaired) electrons. The van der Waals surface area contributed by atoms with Crippen LogP contribution in [0.25, 0.3) is 0 Å². The van der Waals surface area contributed by atoms with Gasteiger partial charge in [0.15, 0.2) is 0 Å². The maximum absolute atomic E-state index is 5.85. The molecule has 2 N–H and O–H groups in total. The van der Waals surface area contributed by atoms with Crippen LogP contribution in [-0.2, 0) is 0 Å². The van der Waals surface area contributed by atoms with Gasteiger partial charge in [-0.15, -0.1) is 11.3 Å². The smallest absolute Gasteiger partial charge is 0.0564 e. The Balaban J connectivity index is 2.92. The summed E-state index contributed by atoms with van der Waals surface area (Å²) in [5, 5.41) is 0. The van der Waals surface area contributed by atoms with E-state index in [2.05, 4.69) is 54.7 Å². The fourth-order valence-electron chi connectivity index (χ4n) is 1.49. The molecule has 0 bridgehead atoms. The van der Waals surface area contributed by atoms with Crippen molar-refractivity contribution < 1.29 is 0 Å². The Morgan fingerprint density at radius 3 is 2.47 bits per heavy atom. The second kappa shape index (κ2) is 5.43. The van der Waals surface area contributed by atoms with Gasteiger partial charge in [-0.3, -0.25) is 4.90 Å². The molecular formula is C11H19BrN2S. The molecule has 0 aromatic carbocycles. The van der Waals surface area contributed by atoms with Gasteiger partial charge in [0.25, 0.3) is 0 Å². The topological polar surface area (TPSA) is 29.3 Å². The van der Waals surface area contributed by atoms with E-state index in [4.69, 9.17) is 5.73 Å². The third-order valence-corrected chi connectivity index (χ3v) is 4.97. The number of thiophene rings is 1. The minimum atomic E-state index is 0.333. The fraction of sp³-hybridized carbons (Fsp3) is 0.636. The normalized spacial score (nSPS) is 13.9. The van der Waals surface area contributed by atoms with Crippen LogP contribution in [0.4, 0.5) is 0 Å². The Kier molecular flexibility index (Phi) is 4.77. The highest BCUT2D eigenvalue weighted by molar-refractivity contribution is 9.10. The van der Waals surface area contributed by atoms with E-state index in [9.17, 15) is 0 Å². The van der Waals surface area contributed by atoms with Gasteiger partial charge in [0.05, 0.1) is 6.04 Å². The Morgan fingerprint density at radius 2 is 2.13 bits per heavy atom. The predicted molar refractivity (Wildman–Crippen MR) is 71.5 cm³/mol. The molecular weight excluding hydrogens is 272 g/mol. The van der Waals surface area contributed by atoms with Gasteiger partial charge in [0.2, 0.25) is 0 Å². The van der Waals surface area contributed by atoms with E-state index < -0.39 is 0 Å². The van der Waals surface area contributed by atoms with Crippen LogP contribution in [0.1, 0.15) is 29.6 Å². The molecule has 0 fully saturated rings. The molecule has 0 spiro atoms. The van der Waals surface area contributed by atoms with Crippen LogP contribution in [0.5, 0.6) is 0 Å². The van der Waals surface area contributed by atoms with Crippen molar-refractivity contribution in [2.45, 2.75) is 32.9 Å². The molecule has 0 aliphatic carbocycles. The Hall–Kier alpha value is 0.100. The minimum Gasteiger partial charge on any atom is -0.329 e. The van der Waals surface area contributed by atoms with Crippen LogP contribution in [0, 0.1) is 6.92 Å². The van der Waals surface area contributed by atoms with Crippen LogP contribution >= 0.6 is 27.3 Å². The lowest BCUT2D eigenvalue weighted by molar-refractivity contribution is 0.204. The maximum atomic E-state index is 5.85. The van der Waals surface area contributed by atoms with Crippen molar-refractivity contribution in [1.82, 2.24) is 4.90 Å². The summed E-state index contributed by atoms with van der Waals surface area (Å²) < 4.78 is 1.19. The second-order valence-corrected chi connectivity index (χ2v) is 6.21. The van der Waals surface area contributed by atoms with Gasteiger partial charge in [-0.1, -0.05) is 0 Å². The zero-order valence-corrected chi connectivity index (χ0v) is 12.2. The van der Waals surface area contributed by atoms with Crippen LogP contribution < -0.4 is 5.73 Å². The summed E-state index contributed by atoms with van der Waals surface area (Å²) in [6.07, 6.45) is 0. The number of hydrogen-bond donors (Lipinski definition) is 1. The molecule has 86 valence electrons. The van der Waals surface area contributed by atoms with Crippen molar-refractivity contribution in [3.05, 3.63) is 20.3 Å². The first-order valence-electron chi connectivity index (χ1n) is 5.15. The van der Waals surface area contributed by atoms with Gasteiger partial charge in [0, 0.05) is 26.8 Å². The maximum Gasteiger partial charge on any atom is 0.0564 e. The Labute approximate surface area is 105 Å². The van der Waals surface area contributed by atoms with Crippen LogP contribution in [0.2, 0.25) is 0 Å². The lowest BCUT2D eigenvalue weighted by Crippen LogP contribution is -2.34. The number of halogens is 1. The first-order chi connectivity index (χ1) is 6.97. The van der Waals surface area contributed by atoms with E-state index in [1.165, 1.54) is 14.2 Å². The SMILES string of the molecule is Cc1sc(C(CN)N(C)C(C)C)cc1Br. The summed E-state index contributed by atoms with van der Waals surface area (Å²) in [7, 11) is 2.13. The quantitative estimate of drug-likeness (QED) is 0.923. The number of rotatable bonds is 4. The molecule has 1 atom stereocenters. The van der Waals surface area contributed by atoms with Crippen molar-refractivity contribution in [3.8, 4) is 0 Å². The van der Waals surface area contributed by atoms with Gasteiger partial charge >= 0.3 is 0 Å². The summed E-state index contributed by atoms with van der Waals surface area (Å²) in [4.78, 5) is 4.98. The van der Waals surface area contributed by atoms with Crippen LogP contribution in [0.15, 0.2) is 10.5 Å². The van der Waals surface area contributed by atoms with Gasteiger partial charge in [-0.2, -0.15) is 0 Å². The molecule has 1 aromatic rings. The molecule has 15 heavy (non-hydrogen) atoms. The molecule has 1 heterocycles. The summed E-state index contributed by atoms with van der Waals surface area (Å²) >= 11 is 5.38. The monoisotopic (exact) mass is 290 g/mol.